The zero-order chi connectivity index (χ0) is 44.0. The molecule has 0 N–H and O–H groups in total. The molecule has 2 heterocycles. The van der Waals surface area contributed by atoms with E-state index in [0.29, 0.717) is 25.2 Å². The minimum Gasteiger partial charge on any atom is -0.658 e. The molecule has 2 fully saturated rings. The van der Waals surface area contributed by atoms with Crippen molar-refractivity contribution in [3.63, 3.8) is 0 Å². The van der Waals surface area contributed by atoms with Gasteiger partial charge < -0.3 is 30.4 Å². The van der Waals surface area contributed by atoms with E-state index in [2.05, 4.69) is 145 Å². The molecular weight excluding hydrogens is 872 g/mol. The Morgan fingerprint density at radius 1 is 0.400 bits per heavy atom. The minimum absolute atomic E-state index is 0. The average molecular weight is 936 g/mol. The molecule has 7 heteroatoms. The number of nitrogens with zero attached hydrogens (tertiary/aromatic N) is 6. The first-order chi connectivity index (χ1) is 31.6. The monoisotopic (exact) mass is 934 g/mol. The largest absolute Gasteiger partial charge is 0.658 e. The molecule has 65 heavy (non-hydrogen) atoms. The van der Waals surface area contributed by atoms with Gasteiger partial charge in [0.15, 0.2) is 0 Å². The molecule has 0 aliphatic heterocycles. The van der Waals surface area contributed by atoms with Gasteiger partial charge in [-0.15, -0.1) is 49.4 Å². The number of hydrogen-bond donors (Lipinski definition) is 0. The Morgan fingerprint density at radius 3 is 1.06 bits per heavy atom. The fourth-order valence-electron chi connectivity index (χ4n) is 8.36. The van der Waals surface area contributed by atoms with Crippen LogP contribution in [-0.2, 0) is 39.3 Å². The summed E-state index contributed by atoms with van der Waals surface area (Å²) < 4.78 is 4.46. The maximum Gasteiger partial charge on any atom is 0.0450 e. The van der Waals surface area contributed by atoms with Gasteiger partial charge in [0, 0.05) is 49.6 Å². The SMILES string of the molecule is [CH2-]c1ccccc1.[CH2-]c1ccccc1.[Zr].c1ccc(C[N-]C([N-]C2CCCCC2)n2ccc3ccccc32)cc1.c1ccc(C[N-]C([N-]C2CCCCC2)n2ccc3ccccc32)cc1. The number of benzene rings is 6. The fourth-order valence-corrected chi connectivity index (χ4v) is 8.36. The molecule has 2 saturated carbocycles. The maximum atomic E-state index is 5.14. The summed E-state index contributed by atoms with van der Waals surface area (Å²) in [7, 11) is 0. The van der Waals surface area contributed by atoms with Gasteiger partial charge in [-0.25, -0.2) is 0 Å². The van der Waals surface area contributed by atoms with Crippen molar-refractivity contribution in [2.24, 2.45) is 0 Å². The molecule has 0 saturated heterocycles. The summed E-state index contributed by atoms with van der Waals surface area (Å²) in [5.41, 5.74) is 7.04. The Hall–Kier alpha value is -5.14. The van der Waals surface area contributed by atoms with Crippen LogP contribution >= 0.6 is 0 Å². The van der Waals surface area contributed by atoms with Gasteiger partial charge in [0.1, 0.15) is 0 Å². The Balaban J connectivity index is 0.000000164. The minimum atomic E-state index is -0.136. The molecule has 336 valence electrons. The fraction of sp³-hybridized carbons (Fsp3) is 0.276. The molecule has 6 nitrogen and oxygen atoms in total. The molecule has 2 aliphatic carbocycles. The second kappa shape index (κ2) is 27.4. The van der Waals surface area contributed by atoms with E-state index in [1.807, 2.05) is 72.8 Å². The van der Waals surface area contributed by atoms with E-state index in [-0.39, 0.29) is 38.8 Å². The van der Waals surface area contributed by atoms with Crippen LogP contribution in [0.1, 0.15) is 99.0 Å². The van der Waals surface area contributed by atoms with Crippen LogP contribution in [0.4, 0.5) is 0 Å². The Bertz CT molecular complexity index is 2280. The molecule has 2 aliphatic rings. The zero-order valence-corrected chi connectivity index (χ0v) is 40.3. The molecule has 2 atom stereocenters. The number of rotatable bonds is 12. The molecule has 8 aromatic rings. The molecule has 0 bridgehead atoms. The first-order valence-electron chi connectivity index (χ1n) is 23.3. The third-order valence-corrected chi connectivity index (χ3v) is 11.8. The molecule has 0 amide bonds. The third kappa shape index (κ3) is 16.1. The van der Waals surface area contributed by atoms with Crippen LogP contribution in [0.3, 0.4) is 0 Å². The Labute approximate surface area is 408 Å². The van der Waals surface area contributed by atoms with Crippen LogP contribution < -0.4 is 0 Å². The first-order valence-corrected chi connectivity index (χ1v) is 23.3. The Morgan fingerprint density at radius 2 is 0.723 bits per heavy atom. The van der Waals surface area contributed by atoms with Crippen LogP contribution in [0.5, 0.6) is 0 Å². The van der Waals surface area contributed by atoms with E-state index < -0.39 is 0 Å². The van der Waals surface area contributed by atoms with E-state index in [1.165, 1.54) is 97.1 Å². The number of para-hydroxylation sites is 2. The number of fused-ring (bicyclic) bond motifs is 2. The summed E-state index contributed by atoms with van der Waals surface area (Å²) in [5.74, 6) is 0. The summed E-state index contributed by atoms with van der Waals surface area (Å²) in [6.45, 7) is 8.85. The summed E-state index contributed by atoms with van der Waals surface area (Å²) in [6, 6.07) is 62.9. The van der Waals surface area contributed by atoms with Crippen molar-refractivity contribution in [2.75, 3.05) is 0 Å². The van der Waals surface area contributed by atoms with E-state index in [4.69, 9.17) is 21.3 Å². The predicted molar refractivity (Wildman–Crippen MR) is 271 cm³/mol. The molecule has 6 aromatic carbocycles. The van der Waals surface area contributed by atoms with Crippen molar-refractivity contribution in [2.45, 2.75) is 102 Å². The van der Waals surface area contributed by atoms with E-state index in [9.17, 15) is 0 Å². The van der Waals surface area contributed by atoms with Crippen LogP contribution in [0, 0.1) is 13.8 Å². The van der Waals surface area contributed by atoms with E-state index in [1.54, 1.807) is 0 Å². The molecule has 0 radical (unpaired) electrons. The van der Waals surface area contributed by atoms with Crippen molar-refractivity contribution in [3.05, 3.63) is 252 Å². The molecule has 10 rings (SSSR count). The second-order valence-corrected chi connectivity index (χ2v) is 16.8. The van der Waals surface area contributed by atoms with Gasteiger partial charge in [0.2, 0.25) is 0 Å². The van der Waals surface area contributed by atoms with Crippen molar-refractivity contribution in [1.29, 1.82) is 0 Å². The van der Waals surface area contributed by atoms with Gasteiger partial charge in [-0.1, -0.05) is 185 Å². The van der Waals surface area contributed by atoms with Crippen LogP contribution in [0.25, 0.3) is 43.1 Å². The smallest absolute Gasteiger partial charge is 0.0450 e. The quantitative estimate of drug-likeness (QED) is 0.110. The van der Waals surface area contributed by atoms with E-state index >= 15 is 0 Å². The van der Waals surface area contributed by atoms with Crippen LogP contribution in [0.2, 0.25) is 0 Å². The van der Waals surface area contributed by atoms with Gasteiger partial charge >= 0.3 is 0 Å². The van der Waals surface area contributed by atoms with Crippen LogP contribution in [-0.4, -0.2) is 21.2 Å². The van der Waals surface area contributed by atoms with Gasteiger partial charge in [0.05, 0.1) is 0 Å². The molecule has 0 spiro atoms. The van der Waals surface area contributed by atoms with Gasteiger partial charge in [-0.3, -0.25) is 0 Å². The van der Waals surface area contributed by atoms with Crippen LogP contribution in [0.15, 0.2) is 194 Å². The summed E-state index contributed by atoms with van der Waals surface area (Å²) in [6.07, 6.45) is 16.7. The molecule has 2 aromatic heterocycles. The third-order valence-electron chi connectivity index (χ3n) is 11.8. The average Bonchev–Trinajstić information content (AvgIpc) is 3.99. The molecular formula is C58H64N6Zr-6. The predicted octanol–water partition coefficient (Wildman–Crippen LogP) is 16.5. The van der Waals surface area contributed by atoms with Crippen molar-refractivity contribution < 1.29 is 26.2 Å². The maximum absolute atomic E-state index is 5.14. The van der Waals surface area contributed by atoms with Crippen molar-refractivity contribution >= 4 is 21.8 Å². The molecule has 2 unspecified atom stereocenters. The normalized spacial score (nSPS) is 14.9. The van der Waals surface area contributed by atoms with Crippen molar-refractivity contribution in [3.8, 4) is 0 Å². The van der Waals surface area contributed by atoms with E-state index in [0.717, 1.165) is 11.1 Å². The first kappa shape index (κ1) is 49.3. The number of hydrogen-bond acceptors (Lipinski definition) is 0. The van der Waals surface area contributed by atoms with Gasteiger partial charge in [-0.05, 0) is 35.0 Å². The summed E-state index contributed by atoms with van der Waals surface area (Å²) in [5, 5.41) is 22.7. The Kier molecular flexibility index (Phi) is 20.8. The summed E-state index contributed by atoms with van der Waals surface area (Å²) in [4.78, 5) is 0. The van der Waals surface area contributed by atoms with Crippen molar-refractivity contribution in [1.82, 2.24) is 9.13 Å². The second-order valence-electron chi connectivity index (χ2n) is 16.8. The standard InChI is InChI=1S/2C22H25N3.2C7H7.Zr/c2*1-3-9-18(10-4-1)17-23-22(24-20-12-5-2-6-13-20)25-16-15-19-11-7-8-14-21(19)25;2*1-7-5-3-2-4-6-7;/h2*1,3-4,7-11,14-16,20,22H,2,5-6,12-13,17H2;2*2-6H,1H2;/q2*-2;2*-1;. The number of aromatic nitrogens is 2. The zero-order valence-electron chi connectivity index (χ0n) is 37.9. The topological polar surface area (TPSA) is 66.3 Å². The summed E-state index contributed by atoms with van der Waals surface area (Å²) >= 11 is 0. The van der Waals surface area contributed by atoms with Gasteiger partial charge in [0.25, 0.3) is 0 Å². The van der Waals surface area contributed by atoms with Gasteiger partial charge in [-0.2, -0.15) is 61.8 Å².